The molecule has 0 rings (SSSR count). The minimum absolute atomic E-state index is 0.588. The van der Waals surface area contributed by atoms with Gasteiger partial charge in [-0.05, 0) is 27.3 Å². The molecule has 0 aliphatic carbocycles. The van der Waals surface area contributed by atoms with Gasteiger partial charge in [0.15, 0.2) is 5.96 Å². The molecule has 5 heteroatoms. The Balaban J connectivity index is 3.74. The highest BCUT2D eigenvalue weighted by Gasteiger charge is 2.06. The Labute approximate surface area is 112 Å². The quantitative estimate of drug-likeness (QED) is 0.367. The molecule has 0 radical (unpaired) electrons. The topological polar surface area (TPSA) is 48.9 Å². The summed E-state index contributed by atoms with van der Waals surface area (Å²) >= 11 is 0. The van der Waals surface area contributed by atoms with Gasteiger partial charge in [-0.2, -0.15) is 0 Å². The van der Waals surface area contributed by atoms with E-state index in [0.717, 1.165) is 38.7 Å². The summed E-state index contributed by atoms with van der Waals surface area (Å²) in [6.45, 7) is 13.9. The van der Waals surface area contributed by atoms with E-state index in [0.29, 0.717) is 12.6 Å². The van der Waals surface area contributed by atoms with Crippen LogP contribution in [0.15, 0.2) is 4.99 Å². The molecule has 0 bridgehead atoms. The summed E-state index contributed by atoms with van der Waals surface area (Å²) in [7, 11) is 1.79. The molecule has 0 saturated carbocycles. The van der Waals surface area contributed by atoms with Gasteiger partial charge in [0.2, 0.25) is 0 Å². The predicted octanol–water partition coefficient (Wildman–Crippen LogP) is 0.918. The third-order valence-corrected chi connectivity index (χ3v) is 2.79. The van der Waals surface area contributed by atoms with E-state index in [4.69, 9.17) is 4.74 Å². The van der Waals surface area contributed by atoms with Crippen LogP contribution in [0.2, 0.25) is 0 Å². The molecular weight excluding hydrogens is 228 g/mol. The van der Waals surface area contributed by atoms with E-state index in [-0.39, 0.29) is 0 Å². The van der Waals surface area contributed by atoms with Gasteiger partial charge in [0.1, 0.15) is 0 Å². The van der Waals surface area contributed by atoms with Crippen molar-refractivity contribution in [3.63, 3.8) is 0 Å². The van der Waals surface area contributed by atoms with Crippen molar-refractivity contribution in [2.24, 2.45) is 4.99 Å². The number of hydrogen-bond acceptors (Lipinski definition) is 3. The molecule has 0 spiro atoms. The summed E-state index contributed by atoms with van der Waals surface area (Å²) in [5, 5.41) is 6.53. The first-order valence-corrected chi connectivity index (χ1v) is 6.91. The van der Waals surface area contributed by atoms with Gasteiger partial charge < -0.3 is 15.4 Å². The molecule has 0 amide bonds. The standard InChI is InChI=1S/C13H30N4O/c1-6-17(12(3)4)10-8-15-13(14-5)16-9-11-18-7-2/h12H,6-11H2,1-5H3,(H2,14,15,16). The minimum atomic E-state index is 0.588. The normalized spacial score (nSPS) is 12.3. The average Bonchev–Trinajstić information content (AvgIpc) is 2.36. The van der Waals surface area contributed by atoms with E-state index in [2.05, 4.69) is 41.3 Å². The number of rotatable bonds is 9. The molecule has 108 valence electrons. The summed E-state index contributed by atoms with van der Waals surface area (Å²) in [5.74, 6) is 0.842. The van der Waals surface area contributed by atoms with Crippen LogP contribution in [0.4, 0.5) is 0 Å². The van der Waals surface area contributed by atoms with Crippen LogP contribution in [0.5, 0.6) is 0 Å². The van der Waals surface area contributed by atoms with Gasteiger partial charge in [-0.3, -0.25) is 9.89 Å². The molecule has 0 atom stereocenters. The summed E-state index contributed by atoms with van der Waals surface area (Å²) in [6.07, 6.45) is 0. The molecule has 0 saturated heterocycles. The van der Waals surface area contributed by atoms with E-state index in [9.17, 15) is 0 Å². The van der Waals surface area contributed by atoms with Crippen LogP contribution in [0.25, 0.3) is 0 Å². The highest BCUT2D eigenvalue weighted by atomic mass is 16.5. The van der Waals surface area contributed by atoms with E-state index < -0.39 is 0 Å². The van der Waals surface area contributed by atoms with Crippen LogP contribution < -0.4 is 10.6 Å². The Morgan fingerprint density at radius 2 is 1.89 bits per heavy atom. The van der Waals surface area contributed by atoms with Crippen molar-refractivity contribution < 1.29 is 4.74 Å². The SMILES string of the molecule is CCOCCNC(=NC)NCCN(CC)C(C)C. The first-order chi connectivity index (χ1) is 8.65. The van der Waals surface area contributed by atoms with Crippen molar-refractivity contribution in [1.29, 1.82) is 0 Å². The first kappa shape index (κ1) is 17.2. The molecule has 0 aromatic carbocycles. The highest BCUT2D eigenvalue weighted by molar-refractivity contribution is 5.79. The Hall–Kier alpha value is -0.810. The van der Waals surface area contributed by atoms with Crippen molar-refractivity contribution in [3.8, 4) is 0 Å². The summed E-state index contributed by atoms with van der Waals surface area (Å²) < 4.78 is 5.27. The molecule has 0 aliphatic rings. The monoisotopic (exact) mass is 258 g/mol. The van der Waals surface area contributed by atoms with Crippen LogP contribution >= 0.6 is 0 Å². The molecular formula is C13H30N4O. The predicted molar refractivity (Wildman–Crippen MR) is 78.2 cm³/mol. The number of guanidine groups is 1. The van der Waals surface area contributed by atoms with Crippen molar-refractivity contribution in [2.45, 2.75) is 33.7 Å². The average molecular weight is 258 g/mol. The zero-order valence-corrected chi connectivity index (χ0v) is 12.6. The summed E-state index contributed by atoms with van der Waals surface area (Å²) in [6, 6.07) is 0.588. The highest BCUT2D eigenvalue weighted by Crippen LogP contribution is 1.95. The van der Waals surface area contributed by atoms with Gasteiger partial charge in [0.05, 0.1) is 6.61 Å². The summed E-state index contributed by atoms with van der Waals surface area (Å²) in [4.78, 5) is 6.59. The molecule has 0 fully saturated rings. The third-order valence-electron chi connectivity index (χ3n) is 2.79. The molecule has 5 nitrogen and oxygen atoms in total. The number of ether oxygens (including phenoxy) is 1. The second kappa shape index (κ2) is 11.3. The van der Waals surface area contributed by atoms with E-state index in [1.165, 1.54) is 0 Å². The molecule has 18 heavy (non-hydrogen) atoms. The lowest BCUT2D eigenvalue weighted by Gasteiger charge is -2.25. The largest absolute Gasteiger partial charge is 0.380 e. The minimum Gasteiger partial charge on any atom is -0.380 e. The number of aliphatic imine (C=N–C) groups is 1. The van der Waals surface area contributed by atoms with Gasteiger partial charge in [0.25, 0.3) is 0 Å². The number of hydrogen-bond donors (Lipinski definition) is 2. The van der Waals surface area contributed by atoms with E-state index in [1.54, 1.807) is 7.05 Å². The number of nitrogens with one attached hydrogen (secondary N) is 2. The number of likely N-dealkylation sites (N-methyl/N-ethyl adjacent to an activating group) is 1. The Morgan fingerprint density at radius 3 is 2.39 bits per heavy atom. The number of nitrogens with zero attached hydrogens (tertiary/aromatic N) is 2. The maximum absolute atomic E-state index is 5.27. The molecule has 0 unspecified atom stereocenters. The zero-order valence-electron chi connectivity index (χ0n) is 12.6. The molecule has 0 aromatic heterocycles. The fourth-order valence-corrected chi connectivity index (χ4v) is 1.71. The van der Waals surface area contributed by atoms with Gasteiger partial charge in [-0.15, -0.1) is 0 Å². The molecule has 0 aliphatic heterocycles. The molecule has 0 aromatic rings. The van der Waals surface area contributed by atoms with Crippen LogP contribution in [-0.2, 0) is 4.74 Å². The van der Waals surface area contributed by atoms with Gasteiger partial charge in [0, 0.05) is 39.3 Å². The Kier molecular flexibility index (Phi) is 10.8. The lowest BCUT2D eigenvalue weighted by Crippen LogP contribution is -2.43. The third kappa shape index (κ3) is 8.31. The Bertz CT molecular complexity index is 219. The molecule has 2 N–H and O–H groups in total. The van der Waals surface area contributed by atoms with Crippen LogP contribution in [0, 0.1) is 0 Å². The second-order valence-corrected chi connectivity index (χ2v) is 4.35. The van der Waals surface area contributed by atoms with Crippen molar-refractivity contribution >= 4 is 5.96 Å². The zero-order chi connectivity index (χ0) is 13.8. The van der Waals surface area contributed by atoms with Crippen molar-refractivity contribution in [1.82, 2.24) is 15.5 Å². The fraction of sp³-hybridized carbons (Fsp3) is 0.923. The van der Waals surface area contributed by atoms with Crippen LogP contribution in [0.3, 0.4) is 0 Å². The lowest BCUT2D eigenvalue weighted by molar-refractivity contribution is 0.152. The van der Waals surface area contributed by atoms with Crippen LogP contribution in [0.1, 0.15) is 27.7 Å². The maximum atomic E-state index is 5.27. The first-order valence-electron chi connectivity index (χ1n) is 6.91. The fourth-order valence-electron chi connectivity index (χ4n) is 1.71. The summed E-state index contributed by atoms with van der Waals surface area (Å²) in [5.41, 5.74) is 0. The Morgan fingerprint density at radius 1 is 1.22 bits per heavy atom. The smallest absolute Gasteiger partial charge is 0.191 e. The van der Waals surface area contributed by atoms with Crippen LogP contribution in [-0.4, -0.2) is 63.3 Å². The van der Waals surface area contributed by atoms with Crippen molar-refractivity contribution in [2.75, 3.05) is 46.4 Å². The van der Waals surface area contributed by atoms with Crippen molar-refractivity contribution in [3.05, 3.63) is 0 Å². The van der Waals surface area contributed by atoms with Gasteiger partial charge in [-0.1, -0.05) is 6.92 Å². The molecule has 0 heterocycles. The van der Waals surface area contributed by atoms with Gasteiger partial charge >= 0.3 is 0 Å². The maximum Gasteiger partial charge on any atom is 0.191 e. The second-order valence-electron chi connectivity index (χ2n) is 4.35. The van der Waals surface area contributed by atoms with E-state index >= 15 is 0 Å². The van der Waals surface area contributed by atoms with E-state index in [1.807, 2.05) is 6.92 Å². The lowest BCUT2D eigenvalue weighted by atomic mass is 10.3. The van der Waals surface area contributed by atoms with Gasteiger partial charge in [-0.25, -0.2) is 0 Å².